The molecular weight excluding hydrogens is 294 g/mol. The summed E-state index contributed by atoms with van der Waals surface area (Å²) in [5.74, 6) is 0.118. The maximum absolute atomic E-state index is 11.8. The second-order valence-electron chi connectivity index (χ2n) is 4.70. The number of benzene rings is 1. The van der Waals surface area contributed by atoms with E-state index in [9.17, 15) is 4.79 Å². The monoisotopic (exact) mass is 311 g/mol. The summed E-state index contributed by atoms with van der Waals surface area (Å²) < 4.78 is 6.31. The molecule has 1 amide bonds. The van der Waals surface area contributed by atoms with E-state index in [2.05, 4.69) is 40.3 Å². The van der Waals surface area contributed by atoms with Crippen molar-refractivity contribution in [1.29, 1.82) is 0 Å². The van der Waals surface area contributed by atoms with Gasteiger partial charge in [-0.1, -0.05) is 22.0 Å². The number of amides is 1. The lowest BCUT2D eigenvalue weighted by Gasteiger charge is -2.11. The van der Waals surface area contributed by atoms with Crippen molar-refractivity contribution in [2.75, 3.05) is 13.2 Å². The Morgan fingerprint density at radius 1 is 1.56 bits per heavy atom. The van der Waals surface area contributed by atoms with Crippen LogP contribution in [0.25, 0.3) is 0 Å². The van der Waals surface area contributed by atoms with Crippen LogP contribution in [0.5, 0.6) is 0 Å². The van der Waals surface area contributed by atoms with E-state index in [-0.39, 0.29) is 11.9 Å². The Labute approximate surface area is 116 Å². The molecule has 1 atom stereocenters. The van der Waals surface area contributed by atoms with Crippen molar-refractivity contribution in [3.63, 3.8) is 0 Å². The predicted octanol–water partition coefficient (Wildman–Crippen LogP) is 2.60. The lowest BCUT2D eigenvalue weighted by molar-refractivity contribution is -0.121. The van der Waals surface area contributed by atoms with Gasteiger partial charge in [0, 0.05) is 17.5 Å². The molecule has 0 radical (unpaired) electrons. The lowest BCUT2D eigenvalue weighted by atomic mass is 10.0. The first kappa shape index (κ1) is 13.6. The average Bonchev–Trinajstić information content (AvgIpc) is 2.80. The van der Waals surface area contributed by atoms with E-state index in [4.69, 9.17) is 4.74 Å². The van der Waals surface area contributed by atoms with E-state index < -0.39 is 0 Å². The fourth-order valence-corrected chi connectivity index (χ4v) is 2.61. The summed E-state index contributed by atoms with van der Waals surface area (Å²) in [6.07, 6.45) is 2.26. The smallest absolute Gasteiger partial charge is 0.220 e. The maximum Gasteiger partial charge on any atom is 0.220 e. The summed E-state index contributed by atoms with van der Waals surface area (Å²) in [5, 5.41) is 3.01. The van der Waals surface area contributed by atoms with Gasteiger partial charge in [-0.2, -0.15) is 0 Å². The Hall–Kier alpha value is -0.870. The molecule has 1 saturated heterocycles. The highest BCUT2D eigenvalue weighted by molar-refractivity contribution is 9.10. The van der Waals surface area contributed by atoms with Gasteiger partial charge >= 0.3 is 0 Å². The van der Waals surface area contributed by atoms with Gasteiger partial charge in [0.1, 0.15) is 0 Å². The average molecular weight is 312 g/mol. The number of carbonyl (C=O) groups is 1. The van der Waals surface area contributed by atoms with Gasteiger partial charge in [0.25, 0.3) is 0 Å². The molecule has 0 saturated carbocycles. The van der Waals surface area contributed by atoms with Crippen molar-refractivity contribution in [2.45, 2.75) is 32.2 Å². The Kier molecular flexibility index (Phi) is 4.78. The van der Waals surface area contributed by atoms with Crippen LogP contribution in [0.15, 0.2) is 22.7 Å². The van der Waals surface area contributed by atoms with E-state index in [0.717, 1.165) is 23.9 Å². The number of halogens is 1. The minimum atomic E-state index is 0.118. The molecule has 1 aliphatic heterocycles. The molecule has 1 aromatic rings. The largest absolute Gasteiger partial charge is 0.379 e. The maximum atomic E-state index is 11.8. The molecule has 4 heteroatoms. The summed E-state index contributed by atoms with van der Waals surface area (Å²) >= 11 is 3.44. The molecule has 1 aromatic carbocycles. The lowest BCUT2D eigenvalue weighted by Crippen LogP contribution is -2.35. The molecule has 1 fully saturated rings. The first-order valence-electron chi connectivity index (χ1n) is 6.27. The van der Waals surface area contributed by atoms with Crippen LogP contribution >= 0.6 is 15.9 Å². The first-order valence-corrected chi connectivity index (χ1v) is 7.06. The van der Waals surface area contributed by atoms with Crippen LogP contribution in [0.3, 0.4) is 0 Å². The van der Waals surface area contributed by atoms with E-state index >= 15 is 0 Å². The van der Waals surface area contributed by atoms with Crippen molar-refractivity contribution < 1.29 is 9.53 Å². The molecular formula is C14H18BrNO2. The van der Waals surface area contributed by atoms with Crippen LogP contribution in [0.4, 0.5) is 0 Å². The highest BCUT2D eigenvalue weighted by atomic mass is 79.9. The third-order valence-corrected chi connectivity index (χ3v) is 3.71. The van der Waals surface area contributed by atoms with Crippen molar-refractivity contribution in [3.8, 4) is 0 Å². The minimum absolute atomic E-state index is 0.118. The second kappa shape index (κ2) is 6.34. The van der Waals surface area contributed by atoms with Crippen molar-refractivity contribution in [1.82, 2.24) is 5.32 Å². The van der Waals surface area contributed by atoms with E-state index in [1.54, 1.807) is 0 Å². The van der Waals surface area contributed by atoms with Crippen LogP contribution in [0, 0.1) is 6.92 Å². The van der Waals surface area contributed by atoms with E-state index in [1.165, 1.54) is 11.1 Å². The van der Waals surface area contributed by atoms with Gasteiger partial charge < -0.3 is 10.1 Å². The molecule has 1 N–H and O–H groups in total. The molecule has 0 aromatic heterocycles. The van der Waals surface area contributed by atoms with Crippen LogP contribution in [0.2, 0.25) is 0 Å². The summed E-state index contributed by atoms with van der Waals surface area (Å²) in [4.78, 5) is 11.8. The van der Waals surface area contributed by atoms with Gasteiger partial charge in [-0.25, -0.2) is 0 Å². The molecule has 1 unspecified atom stereocenters. The quantitative estimate of drug-likeness (QED) is 0.928. The molecule has 2 rings (SSSR count). The summed E-state index contributed by atoms with van der Waals surface area (Å²) in [6, 6.07) is 6.39. The summed E-state index contributed by atoms with van der Waals surface area (Å²) in [5.41, 5.74) is 2.46. The van der Waals surface area contributed by atoms with Crippen LogP contribution < -0.4 is 5.32 Å². The minimum Gasteiger partial charge on any atom is -0.379 e. The zero-order valence-electron chi connectivity index (χ0n) is 10.5. The van der Waals surface area contributed by atoms with Gasteiger partial charge in [-0.15, -0.1) is 0 Å². The third kappa shape index (κ3) is 3.82. The molecule has 3 nitrogen and oxygen atoms in total. The molecule has 98 valence electrons. The molecule has 1 heterocycles. The Morgan fingerprint density at radius 3 is 3.06 bits per heavy atom. The number of carbonyl (C=O) groups excluding carboxylic acids is 1. The predicted molar refractivity (Wildman–Crippen MR) is 74.6 cm³/mol. The zero-order chi connectivity index (χ0) is 13.0. The number of ether oxygens (including phenoxy) is 1. The van der Waals surface area contributed by atoms with E-state index in [1.807, 2.05) is 6.07 Å². The van der Waals surface area contributed by atoms with Crippen LogP contribution in [-0.2, 0) is 16.0 Å². The van der Waals surface area contributed by atoms with Crippen LogP contribution in [0.1, 0.15) is 24.0 Å². The highest BCUT2D eigenvalue weighted by Gasteiger charge is 2.17. The highest BCUT2D eigenvalue weighted by Crippen LogP contribution is 2.17. The summed E-state index contributed by atoms with van der Waals surface area (Å²) in [6.45, 7) is 3.49. The van der Waals surface area contributed by atoms with E-state index in [0.29, 0.717) is 13.0 Å². The number of nitrogens with one attached hydrogen (secondary N) is 1. The first-order chi connectivity index (χ1) is 8.65. The molecule has 18 heavy (non-hydrogen) atoms. The molecule has 1 aliphatic rings. The second-order valence-corrected chi connectivity index (χ2v) is 5.61. The topological polar surface area (TPSA) is 38.3 Å². The van der Waals surface area contributed by atoms with Crippen molar-refractivity contribution in [2.24, 2.45) is 0 Å². The van der Waals surface area contributed by atoms with Gasteiger partial charge in [0.2, 0.25) is 5.91 Å². The Morgan fingerprint density at radius 2 is 2.39 bits per heavy atom. The molecule has 0 bridgehead atoms. The molecule has 0 aliphatic carbocycles. The van der Waals surface area contributed by atoms with Crippen molar-refractivity contribution in [3.05, 3.63) is 33.8 Å². The Balaban J connectivity index is 1.81. The zero-order valence-corrected chi connectivity index (χ0v) is 12.1. The van der Waals surface area contributed by atoms with Crippen molar-refractivity contribution >= 4 is 21.8 Å². The normalized spacial score (nSPS) is 18.9. The van der Waals surface area contributed by atoms with Gasteiger partial charge in [-0.3, -0.25) is 4.79 Å². The fraction of sp³-hybridized carbons (Fsp3) is 0.500. The van der Waals surface area contributed by atoms with Gasteiger partial charge in [-0.05, 0) is 43.0 Å². The Bertz CT molecular complexity index is 428. The summed E-state index contributed by atoms with van der Waals surface area (Å²) in [7, 11) is 0. The number of aryl methyl sites for hydroxylation is 2. The number of hydrogen-bond acceptors (Lipinski definition) is 2. The number of rotatable bonds is 4. The van der Waals surface area contributed by atoms with Gasteiger partial charge in [0.05, 0.1) is 12.6 Å². The third-order valence-electron chi connectivity index (χ3n) is 3.22. The van der Waals surface area contributed by atoms with Gasteiger partial charge in [0.15, 0.2) is 0 Å². The van der Waals surface area contributed by atoms with Crippen LogP contribution in [-0.4, -0.2) is 25.2 Å². The fourth-order valence-electron chi connectivity index (χ4n) is 2.14. The number of hydrogen-bond donors (Lipinski definition) is 1. The molecule has 0 spiro atoms. The standard InChI is InChI=1S/C14H18BrNO2/c1-10-8-12(15)4-2-11(10)3-5-14(17)16-13-6-7-18-9-13/h2,4,8,13H,3,5-7,9H2,1H3,(H,16,17). The SMILES string of the molecule is Cc1cc(Br)ccc1CCC(=O)NC1CCOC1.